The second-order valence-corrected chi connectivity index (χ2v) is 6.73. The van der Waals surface area contributed by atoms with Gasteiger partial charge in [0.05, 0.1) is 4.75 Å². The van der Waals surface area contributed by atoms with Crippen molar-refractivity contribution in [1.29, 1.82) is 0 Å². The topological polar surface area (TPSA) is 0 Å². The van der Waals surface area contributed by atoms with Crippen molar-refractivity contribution in [3.8, 4) is 0 Å². The Hall–Kier alpha value is -1.99. The summed E-state index contributed by atoms with van der Waals surface area (Å²) in [6, 6.07) is 21.3. The van der Waals surface area contributed by atoms with Crippen molar-refractivity contribution in [2.45, 2.75) is 18.6 Å². The maximum absolute atomic E-state index is 4.43. The van der Waals surface area contributed by atoms with Crippen LogP contribution in [0.3, 0.4) is 0 Å². The Kier molecular flexibility index (Phi) is 6.49. The molecule has 0 aliphatic rings. The van der Waals surface area contributed by atoms with E-state index in [1.165, 1.54) is 11.1 Å². The van der Waals surface area contributed by atoms with Crippen LogP contribution in [0, 0.1) is 0 Å². The van der Waals surface area contributed by atoms with Crippen LogP contribution in [-0.2, 0) is 4.75 Å². The minimum atomic E-state index is -0.255. The summed E-state index contributed by atoms with van der Waals surface area (Å²) in [5.41, 5.74) is 3.64. The molecule has 2 aromatic carbocycles. The van der Waals surface area contributed by atoms with Gasteiger partial charge in [0, 0.05) is 0 Å². The van der Waals surface area contributed by atoms with Gasteiger partial charge >= 0.3 is 0 Å². The number of hydrogen-bond donors (Lipinski definition) is 0. The van der Waals surface area contributed by atoms with Gasteiger partial charge in [-0.15, -0.1) is 11.8 Å². The first kappa shape index (κ1) is 17.4. The third-order valence-corrected chi connectivity index (χ3v) is 5.23. The largest absolute Gasteiger partial charge is 0.141 e. The summed E-state index contributed by atoms with van der Waals surface area (Å²) in [7, 11) is 0. The number of allylic oxidation sites excluding steroid dienone is 4. The van der Waals surface area contributed by atoms with E-state index in [0.29, 0.717) is 0 Å². The van der Waals surface area contributed by atoms with E-state index >= 15 is 0 Å². The lowest BCUT2D eigenvalue weighted by atomic mass is 9.84. The molecule has 0 aliphatic heterocycles. The molecule has 2 aromatic rings. The first-order chi connectivity index (χ1) is 11.3. The second kappa shape index (κ2) is 8.59. The van der Waals surface area contributed by atoms with E-state index < -0.39 is 0 Å². The Bertz CT molecular complexity index is 626. The highest BCUT2D eigenvalue weighted by atomic mass is 32.2. The Labute approximate surface area is 144 Å². The standard InChI is InChI=1S/C22H24S/c1-4-6-9-14-19(3)22(23-5-2,20-15-10-7-11-16-20)21-17-12-8-13-18-21/h4,6-18H,3,5H2,1-2H3/b6-4-,14-9-. The lowest BCUT2D eigenvalue weighted by Gasteiger charge is -2.35. The molecule has 0 nitrogen and oxygen atoms in total. The van der Waals surface area contributed by atoms with Crippen molar-refractivity contribution in [1.82, 2.24) is 0 Å². The first-order valence-electron chi connectivity index (χ1n) is 7.99. The van der Waals surface area contributed by atoms with Gasteiger partial charge in [-0.25, -0.2) is 0 Å². The molecule has 0 unspecified atom stereocenters. The normalized spacial score (nSPS) is 12.1. The fraction of sp³-hybridized carbons (Fsp3) is 0.182. The molecule has 0 aromatic heterocycles. The zero-order valence-corrected chi connectivity index (χ0v) is 14.7. The van der Waals surface area contributed by atoms with Crippen LogP contribution in [0.25, 0.3) is 0 Å². The van der Waals surface area contributed by atoms with Gasteiger partial charge < -0.3 is 0 Å². The predicted molar refractivity (Wildman–Crippen MR) is 105 cm³/mol. The summed E-state index contributed by atoms with van der Waals surface area (Å²) in [5.74, 6) is 1.01. The quantitative estimate of drug-likeness (QED) is 0.534. The average Bonchev–Trinajstić information content (AvgIpc) is 2.61. The highest BCUT2D eigenvalue weighted by Gasteiger charge is 2.36. The molecule has 0 spiro atoms. The summed E-state index contributed by atoms with van der Waals surface area (Å²) >= 11 is 1.92. The molecule has 0 heterocycles. The summed E-state index contributed by atoms with van der Waals surface area (Å²) in [4.78, 5) is 0. The zero-order chi connectivity index (χ0) is 16.5. The Morgan fingerprint density at radius 1 is 0.957 bits per heavy atom. The number of hydrogen-bond acceptors (Lipinski definition) is 1. The maximum atomic E-state index is 4.43. The average molecular weight is 321 g/mol. The van der Waals surface area contributed by atoms with Crippen LogP contribution in [0.4, 0.5) is 0 Å². The van der Waals surface area contributed by atoms with Crippen molar-refractivity contribution >= 4 is 11.8 Å². The summed E-state index contributed by atoms with van der Waals surface area (Å²) in [6.45, 7) is 8.65. The van der Waals surface area contributed by atoms with Gasteiger partial charge in [-0.05, 0) is 29.4 Å². The Morgan fingerprint density at radius 2 is 1.48 bits per heavy atom. The van der Waals surface area contributed by atoms with E-state index in [9.17, 15) is 0 Å². The smallest absolute Gasteiger partial charge is 0.0901 e. The minimum Gasteiger partial charge on any atom is -0.141 e. The fourth-order valence-electron chi connectivity index (χ4n) is 2.76. The van der Waals surface area contributed by atoms with Crippen LogP contribution >= 0.6 is 11.8 Å². The van der Waals surface area contributed by atoms with Crippen LogP contribution in [0.2, 0.25) is 0 Å². The summed E-state index contributed by atoms with van der Waals surface area (Å²) in [6.07, 6.45) is 8.27. The highest BCUT2D eigenvalue weighted by molar-refractivity contribution is 8.00. The third kappa shape index (κ3) is 3.86. The zero-order valence-electron chi connectivity index (χ0n) is 13.9. The number of thioether (sulfide) groups is 1. The van der Waals surface area contributed by atoms with Crippen LogP contribution in [0.5, 0.6) is 0 Å². The lowest BCUT2D eigenvalue weighted by Crippen LogP contribution is -2.25. The molecule has 0 aliphatic carbocycles. The van der Waals surface area contributed by atoms with Gasteiger partial charge in [-0.1, -0.05) is 98.5 Å². The maximum Gasteiger partial charge on any atom is 0.0901 e. The lowest BCUT2D eigenvalue weighted by molar-refractivity contribution is 0.898. The minimum absolute atomic E-state index is 0.255. The predicted octanol–water partition coefficient (Wildman–Crippen LogP) is 6.37. The van der Waals surface area contributed by atoms with E-state index in [2.05, 4.69) is 86.3 Å². The molecule has 0 bridgehead atoms. The SMILES string of the molecule is C=C(/C=C\C=C/C)C(SCC)(c1ccccc1)c1ccccc1. The molecule has 2 rings (SSSR count). The molecule has 0 radical (unpaired) electrons. The second-order valence-electron chi connectivity index (χ2n) is 5.26. The first-order valence-corrected chi connectivity index (χ1v) is 8.98. The molecule has 0 N–H and O–H groups in total. The third-order valence-electron chi connectivity index (χ3n) is 3.77. The number of benzene rings is 2. The highest BCUT2D eigenvalue weighted by Crippen LogP contribution is 2.48. The molecule has 1 heteroatoms. The monoisotopic (exact) mass is 320 g/mol. The van der Waals surface area contributed by atoms with E-state index in [4.69, 9.17) is 0 Å². The fourth-order valence-corrected chi connectivity index (χ4v) is 4.05. The van der Waals surface area contributed by atoms with Gasteiger partial charge in [-0.2, -0.15) is 0 Å². The molecule has 0 atom stereocenters. The molecule has 118 valence electrons. The van der Waals surface area contributed by atoms with E-state index in [1.54, 1.807) is 0 Å². The molecule has 0 saturated heterocycles. The molecule has 0 amide bonds. The van der Waals surface area contributed by atoms with Crippen LogP contribution in [0.15, 0.2) is 97.1 Å². The molecular weight excluding hydrogens is 296 g/mol. The van der Waals surface area contributed by atoms with Gasteiger partial charge in [0.2, 0.25) is 0 Å². The number of rotatable bonds is 7. The molecule has 23 heavy (non-hydrogen) atoms. The Morgan fingerprint density at radius 3 is 1.91 bits per heavy atom. The summed E-state index contributed by atoms with van der Waals surface area (Å²) < 4.78 is -0.255. The summed E-state index contributed by atoms with van der Waals surface area (Å²) in [5, 5.41) is 0. The molecular formula is C22H24S. The van der Waals surface area contributed by atoms with E-state index in [-0.39, 0.29) is 4.75 Å². The van der Waals surface area contributed by atoms with Crippen molar-refractivity contribution in [3.63, 3.8) is 0 Å². The van der Waals surface area contributed by atoms with Gasteiger partial charge in [0.25, 0.3) is 0 Å². The molecule has 0 saturated carbocycles. The van der Waals surface area contributed by atoms with Crippen LogP contribution in [-0.4, -0.2) is 5.75 Å². The van der Waals surface area contributed by atoms with Crippen molar-refractivity contribution < 1.29 is 0 Å². The van der Waals surface area contributed by atoms with Crippen molar-refractivity contribution in [3.05, 3.63) is 108 Å². The molecule has 0 fully saturated rings. The van der Waals surface area contributed by atoms with Crippen LogP contribution < -0.4 is 0 Å². The van der Waals surface area contributed by atoms with Crippen LogP contribution in [0.1, 0.15) is 25.0 Å². The van der Waals surface area contributed by atoms with Gasteiger partial charge in [0.15, 0.2) is 0 Å². The van der Waals surface area contributed by atoms with E-state index in [1.807, 2.05) is 30.8 Å². The van der Waals surface area contributed by atoms with Crippen molar-refractivity contribution in [2.75, 3.05) is 5.75 Å². The van der Waals surface area contributed by atoms with E-state index in [0.717, 1.165) is 11.3 Å². The van der Waals surface area contributed by atoms with Gasteiger partial charge in [-0.3, -0.25) is 0 Å². The van der Waals surface area contributed by atoms with Gasteiger partial charge in [0.1, 0.15) is 0 Å². The Balaban J connectivity index is 2.63. The van der Waals surface area contributed by atoms with Crippen molar-refractivity contribution in [2.24, 2.45) is 0 Å².